The van der Waals surface area contributed by atoms with Gasteiger partial charge in [-0.25, -0.2) is 0 Å². The minimum absolute atomic E-state index is 0.131. The van der Waals surface area contributed by atoms with Crippen LogP contribution in [0.15, 0.2) is 12.3 Å². The molecule has 2 rings (SSSR count). The zero-order valence-corrected chi connectivity index (χ0v) is 11.5. The van der Waals surface area contributed by atoms with Crippen molar-refractivity contribution in [2.45, 2.75) is 44.7 Å². The summed E-state index contributed by atoms with van der Waals surface area (Å²) in [5.41, 5.74) is 1.22. The van der Waals surface area contributed by atoms with Crippen LogP contribution in [0, 0.1) is 5.92 Å². The lowest BCUT2D eigenvalue weighted by molar-refractivity contribution is 0.215. The number of halogens is 1. The number of nitrogens with one attached hydrogen (secondary N) is 1. The molecular weight excluding hydrogens is 234 g/mol. The van der Waals surface area contributed by atoms with Crippen molar-refractivity contribution in [1.82, 2.24) is 15.1 Å². The Balaban J connectivity index is 1.91. The average Bonchev–Trinajstić information content (AvgIpc) is 2.75. The summed E-state index contributed by atoms with van der Waals surface area (Å²) in [5.74, 6) is 1.55. The van der Waals surface area contributed by atoms with E-state index in [1.807, 2.05) is 17.9 Å². The molecule has 1 fully saturated rings. The fourth-order valence-corrected chi connectivity index (χ4v) is 2.87. The molecule has 0 aliphatic heterocycles. The molecule has 1 heterocycles. The summed E-state index contributed by atoms with van der Waals surface area (Å²) in [6.07, 6.45) is 6.91. The van der Waals surface area contributed by atoms with Crippen LogP contribution >= 0.6 is 11.6 Å². The van der Waals surface area contributed by atoms with Gasteiger partial charge in [-0.1, -0.05) is 6.92 Å². The fraction of sp³-hybridized carbons (Fsp3) is 0.769. The van der Waals surface area contributed by atoms with Gasteiger partial charge in [0.05, 0.1) is 5.69 Å². The molecule has 4 heteroatoms. The highest BCUT2D eigenvalue weighted by Gasteiger charge is 2.32. The van der Waals surface area contributed by atoms with Gasteiger partial charge in [0.15, 0.2) is 0 Å². The molecule has 0 radical (unpaired) electrons. The summed E-state index contributed by atoms with van der Waals surface area (Å²) in [4.78, 5) is 0. The van der Waals surface area contributed by atoms with Gasteiger partial charge in [0, 0.05) is 31.2 Å². The van der Waals surface area contributed by atoms with Crippen molar-refractivity contribution >= 4 is 11.6 Å². The van der Waals surface area contributed by atoms with Gasteiger partial charge in [0.25, 0.3) is 0 Å². The SMILES string of the molecule is CC1CCC(CCl)(NCc2ccn(C)n2)CC1. The maximum Gasteiger partial charge on any atom is 0.0762 e. The van der Waals surface area contributed by atoms with E-state index in [-0.39, 0.29) is 5.54 Å². The molecular formula is C13H22ClN3. The second kappa shape index (κ2) is 5.40. The highest BCUT2D eigenvalue weighted by molar-refractivity contribution is 6.18. The monoisotopic (exact) mass is 255 g/mol. The molecule has 1 aliphatic rings. The summed E-state index contributed by atoms with van der Waals surface area (Å²) in [6, 6.07) is 2.06. The van der Waals surface area contributed by atoms with Gasteiger partial charge in [0.2, 0.25) is 0 Å². The predicted molar refractivity (Wildman–Crippen MR) is 71.1 cm³/mol. The van der Waals surface area contributed by atoms with E-state index in [0.29, 0.717) is 5.88 Å². The number of rotatable bonds is 4. The summed E-state index contributed by atoms with van der Waals surface area (Å²) >= 11 is 6.17. The van der Waals surface area contributed by atoms with Crippen molar-refractivity contribution in [3.8, 4) is 0 Å². The summed E-state index contributed by atoms with van der Waals surface area (Å²) in [5, 5.41) is 8.01. The minimum atomic E-state index is 0.131. The molecule has 0 spiro atoms. The first-order valence-electron chi connectivity index (χ1n) is 6.43. The van der Waals surface area contributed by atoms with Gasteiger partial charge in [-0.2, -0.15) is 5.10 Å². The van der Waals surface area contributed by atoms with Crippen molar-refractivity contribution in [3.63, 3.8) is 0 Å². The van der Waals surface area contributed by atoms with Crippen molar-refractivity contribution in [2.24, 2.45) is 13.0 Å². The highest BCUT2D eigenvalue weighted by Crippen LogP contribution is 2.32. The summed E-state index contributed by atoms with van der Waals surface area (Å²) in [7, 11) is 1.95. The molecule has 3 nitrogen and oxygen atoms in total. The first-order valence-corrected chi connectivity index (χ1v) is 6.96. The number of hydrogen-bond acceptors (Lipinski definition) is 2. The topological polar surface area (TPSA) is 29.9 Å². The van der Waals surface area contributed by atoms with Crippen molar-refractivity contribution in [2.75, 3.05) is 5.88 Å². The number of nitrogens with zero attached hydrogens (tertiary/aromatic N) is 2. The lowest BCUT2D eigenvalue weighted by Gasteiger charge is -2.38. The predicted octanol–water partition coefficient (Wildman–Crippen LogP) is 2.70. The molecule has 17 heavy (non-hydrogen) atoms. The van der Waals surface area contributed by atoms with Crippen LogP contribution in [-0.4, -0.2) is 21.2 Å². The van der Waals surface area contributed by atoms with E-state index >= 15 is 0 Å². The number of alkyl halides is 1. The van der Waals surface area contributed by atoms with Crippen LogP contribution in [0.4, 0.5) is 0 Å². The second-order valence-corrected chi connectivity index (χ2v) is 5.70. The second-order valence-electron chi connectivity index (χ2n) is 5.43. The van der Waals surface area contributed by atoms with Crippen LogP contribution in [0.2, 0.25) is 0 Å². The molecule has 1 aliphatic carbocycles. The Kier molecular flexibility index (Phi) is 4.10. The molecule has 1 saturated carbocycles. The van der Waals surface area contributed by atoms with Gasteiger partial charge in [0.1, 0.15) is 0 Å². The molecule has 0 bridgehead atoms. The van der Waals surface area contributed by atoms with Crippen LogP contribution in [-0.2, 0) is 13.6 Å². The number of aromatic nitrogens is 2. The molecule has 0 aromatic carbocycles. The lowest BCUT2D eigenvalue weighted by Crippen LogP contribution is -2.49. The number of hydrogen-bond donors (Lipinski definition) is 1. The Bertz CT molecular complexity index is 353. The third-order valence-corrected chi connectivity index (χ3v) is 4.41. The van der Waals surface area contributed by atoms with Crippen molar-refractivity contribution in [1.29, 1.82) is 0 Å². The standard InChI is InChI=1S/C13H22ClN3/c1-11-3-6-13(10-14,7-4-11)15-9-12-5-8-17(2)16-12/h5,8,11,15H,3-4,6-7,9-10H2,1-2H3. The lowest BCUT2D eigenvalue weighted by atomic mass is 9.78. The Labute approximate surface area is 109 Å². The smallest absolute Gasteiger partial charge is 0.0762 e. The first kappa shape index (κ1) is 12.9. The quantitative estimate of drug-likeness (QED) is 0.839. The molecule has 1 N–H and O–H groups in total. The number of aryl methyl sites for hydroxylation is 1. The van der Waals surface area contributed by atoms with E-state index in [2.05, 4.69) is 23.4 Å². The Morgan fingerprint density at radius 2 is 2.24 bits per heavy atom. The zero-order chi connectivity index (χ0) is 12.3. The van der Waals surface area contributed by atoms with E-state index in [1.54, 1.807) is 0 Å². The van der Waals surface area contributed by atoms with Crippen molar-refractivity contribution in [3.05, 3.63) is 18.0 Å². The van der Waals surface area contributed by atoms with Crippen molar-refractivity contribution < 1.29 is 0 Å². The average molecular weight is 256 g/mol. The maximum atomic E-state index is 6.17. The van der Waals surface area contributed by atoms with E-state index in [9.17, 15) is 0 Å². The molecule has 0 saturated heterocycles. The van der Waals surface area contributed by atoms with Crippen LogP contribution in [0.1, 0.15) is 38.3 Å². The maximum absolute atomic E-state index is 6.17. The van der Waals surface area contributed by atoms with E-state index in [0.717, 1.165) is 18.2 Å². The fourth-order valence-electron chi connectivity index (χ4n) is 2.51. The van der Waals surface area contributed by atoms with Crippen LogP contribution in [0.25, 0.3) is 0 Å². The van der Waals surface area contributed by atoms with E-state index in [4.69, 9.17) is 11.6 Å². The molecule has 0 amide bonds. The van der Waals surface area contributed by atoms with Crippen LogP contribution < -0.4 is 5.32 Å². The normalized spacial score (nSPS) is 29.5. The third kappa shape index (κ3) is 3.23. The highest BCUT2D eigenvalue weighted by atomic mass is 35.5. The minimum Gasteiger partial charge on any atom is -0.304 e. The van der Waals surface area contributed by atoms with Crippen LogP contribution in [0.3, 0.4) is 0 Å². The zero-order valence-electron chi connectivity index (χ0n) is 10.7. The van der Waals surface area contributed by atoms with Gasteiger partial charge < -0.3 is 5.32 Å². The third-order valence-electron chi connectivity index (χ3n) is 3.90. The Morgan fingerprint density at radius 3 is 2.76 bits per heavy atom. The van der Waals surface area contributed by atoms with E-state index in [1.165, 1.54) is 25.7 Å². The Hall–Kier alpha value is -0.540. The molecule has 0 atom stereocenters. The first-order chi connectivity index (χ1) is 8.13. The molecule has 0 unspecified atom stereocenters. The van der Waals surface area contributed by atoms with Crippen LogP contribution in [0.5, 0.6) is 0 Å². The largest absolute Gasteiger partial charge is 0.304 e. The summed E-state index contributed by atoms with van der Waals surface area (Å²) in [6.45, 7) is 3.15. The molecule has 1 aromatic rings. The van der Waals surface area contributed by atoms with Gasteiger partial charge in [-0.05, 0) is 37.7 Å². The van der Waals surface area contributed by atoms with E-state index < -0.39 is 0 Å². The Morgan fingerprint density at radius 1 is 1.53 bits per heavy atom. The van der Waals surface area contributed by atoms with Gasteiger partial charge in [-0.15, -0.1) is 11.6 Å². The molecule has 1 aromatic heterocycles. The molecule has 96 valence electrons. The van der Waals surface area contributed by atoms with Gasteiger partial charge >= 0.3 is 0 Å². The summed E-state index contributed by atoms with van der Waals surface area (Å²) < 4.78 is 1.84. The van der Waals surface area contributed by atoms with Gasteiger partial charge in [-0.3, -0.25) is 4.68 Å².